The SMILES string of the molecule is O=C1CCC(N2Cc3cc(O[C@@H]4CN(Cc5ccc(-c6ccccc6)cc5)CC[C@H]4NCc4ccccc4)ccc3C2=O)C(=O)N1. The molecule has 0 bridgehead atoms. The van der Waals surface area contributed by atoms with Gasteiger partial charge in [-0.25, -0.2) is 0 Å². The Balaban J connectivity index is 1.05. The molecule has 3 amide bonds. The Morgan fingerprint density at radius 2 is 1.54 bits per heavy atom. The molecule has 2 N–H and O–H groups in total. The lowest BCUT2D eigenvalue weighted by Crippen LogP contribution is -2.54. The van der Waals surface area contributed by atoms with Crippen LogP contribution in [0.5, 0.6) is 5.75 Å². The molecule has 8 heteroatoms. The van der Waals surface area contributed by atoms with Crippen molar-refractivity contribution in [1.82, 2.24) is 20.4 Å². The number of carbonyl (C=O) groups excluding carboxylic acids is 3. The maximum Gasteiger partial charge on any atom is 0.255 e. The van der Waals surface area contributed by atoms with Gasteiger partial charge >= 0.3 is 0 Å². The molecule has 3 atom stereocenters. The van der Waals surface area contributed by atoms with Crippen LogP contribution in [-0.4, -0.2) is 58.8 Å². The first kappa shape index (κ1) is 29.9. The van der Waals surface area contributed by atoms with E-state index in [1.54, 1.807) is 11.0 Å². The van der Waals surface area contributed by atoms with Crippen molar-refractivity contribution in [2.75, 3.05) is 13.1 Å². The third kappa shape index (κ3) is 6.59. The molecule has 2 saturated heterocycles. The van der Waals surface area contributed by atoms with Gasteiger partial charge < -0.3 is 15.0 Å². The van der Waals surface area contributed by atoms with Crippen LogP contribution in [0.1, 0.15) is 46.3 Å². The number of hydrogen-bond acceptors (Lipinski definition) is 6. The number of fused-ring (bicyclic) bond motifs is 1. The average Bonchev–Trinajstić information content (AvgIpc) is 3.40. The summed E-state index contributed by atoms with van der Waals surface area (Å²) in [6, 6.07) is 34.7. The molecule has 46 heavy (non-hydrogen) atoms. The average molecular weight is 615 g/mol. The van der Waals surface area contributed by atoms with Gasteiger partial charge in [0.2, 0.25) is 11.8 Å². The molecule has 0 aromatic heterocycles. The summed E-state index contributed by atoms with van der Waals surface area (Å²) in [5.41, 5.74) is 6.34. The van der Waals surface area contributed by atoms with Gasteiger partial charge in [0.05, 0.1) is 0 Å². The number of piperidine rings is 2. The van der Waals surface area contributed by atoms with Crippen molar-refractivity contribution in [3.8, 4) is 16.9 Å². The van der Waals surface area contributed by atoms with E-state index in [-0.39, 0.29) is 30.4 Å². The largest absolute Gasteiger partial charge is 0.487 e. The van der Waals surface area contributed by atoms with Gasteiger partial charge in [-0.15, -0.1) is 0 Å². The molecule has 0 radical (unpaired) electrons. The van der Waals surface area contributed by atoms with E-state index in [0.29, 0.717) is 24.3 Å². The fourth-order valence-corrected chi connectivity index (χ4v) is 6.81. The lowest BCUT2D eigenvalue weighted by atomic mass is 9.99. The van der Waals surface area contributed by atoms with Crippen LogP contribution in [0.4, 0.5) is 0 Å². The first-order chi connectivity index (χ1) is 22.5. The van der Waals surface area contributed by atoms with Gasteiger partial charge in [0, 0.05) is 50.7 Å². The summed E-state index contributed by atoms with van der Waals surface area (Å²) < 4.78 is 6.72. The first-order valence-electron chi connectivity index (χ1n) is 16.1. The third-order valence-electron chi connectivity index (χ3n) is 9.30. The third-order valence-corrected chi connectivity index (χ3v) is 9.30. The highest BCUT2D eigenvalue weighted by molar-refractivity contribution is 6.05. The summed E-state index contributed by atoms with van der Waals surface area (Å²) in [5.74, 6) is -0.164. The van der Waals surface area contributed by atoms with E-state index in [9.17, 15) is 14.4 Å². The molecule has 234 valence electrons. The number of nitrogens with zero attached hydrogens (tertiary/aromatic N) is 2. The number of nitrogens with one attached hydrogen (secondary N) is 2. The smallest absolute Gasteiger partial charge is 0.255 e. The Morgan fingerprint density at radius 3 is 2.30 bits per heavy atom. The lowest BCUT2D eigenvalue weighted by Gasteiger charge is -2.39. The van der Waals surface area contributed by atoms with Gasteiger partial charge in [-0.2, -0.15) is 0 Å². The van der Waals surface area contributed by atoms with Gasteiger partial charge in [0.1, 0.15) is 17.9 Å². The topological polar surface area (TPSA) is 91.0 Å². The van der Waals surface area contributed by atoms with Crippen molar-refractivity contribution in [3.05, 3.63) is 125 Å². The quantitative estimate of drug-likeness (QED) is 0.260. The van der Waals surface area contributed by atoms with Crippen LogP contribution in [-0.2, 0) is 29.2 Å². The van der Waals surface area contributed by atoms with Crippen LogP contribution in [0.3, 0.4) is 0 Å². The zero-order valence-electron chi connectivity index (χ0n) is 25.7. The monoisotopic (exact) mass is 614 g/mol. The van der Waals surface area contributed by atoms with Gasteiger partial charge in [-0.3, -0.25) is 24.6 Å². The maximum atomic E-state index is 13.2. The minimum atomic E-state index is -0.637. The molecule has 4 aromatic rings. The number of carbonyl (C=O) groups is 3. The first-order valence-corrected chi connectivity index (χ1v) is 16.1. The Kier molecular flexibility index (Phi) is 8.64. The summed E-state index contributed by atoms with van der Waals surface area (Å²) in [6.45, 7) is 3.62. The number of ether oxygens (including phenoxy) is 1. The van der Waals surface area contributed by atoms with Crippen LogP contribution in [0.15, 0.2) is 103 Å². The Morgan fingerprint density at radius 1 is 0.804 bits per heavy atom. The molecule has 2 fully saturated rings. The molecular formula is C38H38N4O4. The molecule has 3 aliphatic heterocycles. The van der Waals surface area contributed by atoms with Crippen LogP contribution >= 0.6 is 0 Å². The Labute approximate surface area is 269 Å². The minimum Gasteiger partial charge on any atom is -0.487 e. The highest BCUT2D eigenvalue weighted by Gasteiger charge is 2.39. The summed E-state index contributed by atoms with van der Waals surface area (Å²) in [7, 11) is 0. The van der Waals surface area contributed by atoms with E-state index in [1.165, 1.54) is 22.3 Å². The lowest BCUT2D eigenvalue weighted by molar-refractivity contribution is -0.136. The van der Waals surface area contributed by atoms with E-state index in [2.05, 4.69) is 88.3 Å². The zero-order chi connectivity index (χ0) is 31.5. The van der Waals surface area contributed by atoms with E-state index in [1.807, 2.05) is 24.3 Å². The molecule has 0 aliphatic carbocycles. The Hall–Kier alpha value is -4.79. The molecule has 4 aromatic carbocycles. The van der Waals surface area contributed by atoms with Crippen LogP contribution in [0, 0.1) is 0 Å². The summed E-state index contributed by atoms with van der Waals surface area (Å²) >= 11 is 0. The van der Waals surface area contributed by atoms with Crippen LogP contribution in [0.25, 0.3) is 11.1 Å². The van der Waals surface area contributed by atoms with Gasteiger partial charge in [-0.1, -0.05) is 84.9 Å². The van der Waals surface area contributed by atoms with E-state index >= 15 is 0 Å². The molecular weight excluding hydrogens is 576 g/mol. The highest BCUT2D eigenvalue weighted by atomic mass is 16.5. The number of benzene rings is 4. The van der Waals surface area contributed by atoms with E-state index in [0.717, 1.165) is 38.2 Å². The van der Waals surface area contributed by atoms with Crippen molar-refractivity contribution in [2.45, 2.75) is 57.1 Å². The zero-order valence-corrected chi connectivity index (χ0v) is 25.7. The molecule has 8 nitrogen and oxygen atoms in total. The predicted molar refractivity (Wildman–Crippen MR) is 176 cm³/mol. The van der Waals surface area contributed by atoms with Crippen molar-refractivity contribution in [2.24, 2.45) is 0 Å². The maximum absolute atomic E-state index is 13.2. The molecule has 1 unspecified atom stereocenters. The fraction of sp³-hybridized carbons (Fsp3) is 0.289. The number of rotatable bonds is 9. The number of imide groups is 1. The van der Waals surface area contributed by atoms with Gasteiger partial charge in [0.15, 0.2) is 0 Å². The van der Waals surface area contributed by atoms with Crippen LogP contribution in [0.2, 0.25) is 0 Å². The molecule has 0 saturated carbocycles. The number of likely N-dealkylation sites (tertiary alicyclic amines) is 1. The minimum absolute atomic E-state index is 0.109. The molecule has 7 rings (SSSR count). The summed E-state index contributed by atoms with van der Waals surface area (Å²) in [5, 5.41) is 6.12. The summed E-state index contributed by atoms with van der Waals surface area (Å²) in [6.07, 6.45) is 1.40. The van der Waals surface area contributed by atoms with Gasteiger partial charge in [0.25, 0.3) is 5.91 Å². The Bertz CT molecular complexity index is 1710. The van der Waals surface area contributed by atoms with Crippen molar-refractivity contribution in [3.63, 3.8) is 0 Å². The standard InChI is InChI=1S/C38H38N4O4/c43-36-18-17-34(37(44)40-36)42-24-30-21-31(15-16-32(30)38(42)45)46-35-25-41(20-19-33(35)39-22-26-7-3-1-4-8-26)23-27-11-13-29(14-12-27)28-9-5-2-6-10-28/h1-16,21,33-35,39H,17-20,22-25H2,(H,40,43,44)/t33-,34?,35-/m1/s1. The van der Waals surface area contributed by atoms with Crippen molar-refractivity contribution in [1.29, 1.82) is 0 Å². The number of amides is 3. The second-order valence-electron chi connectivity index (χ2n) is 12.4. The van der Waals surface area contributed by atoms with Crippen molar-refractivity contribution < 1.29 is 19.1 Å². The van der Waals surface area contributed by atoms with E-state index in [4.69, 9.17) is 4.74 Å². The highest BCUT2D eigenvalue weighted by Crippen LogP contribution is 2.31. The molecule has 3 aliphatic rings. The second kappa shape index (κ2) is 13.3. The van der Waals surface area contributed by atoms with Gasteiger partial charge in [-0.05, 0) is 58.9 Å². The second-order valence-corrected chi connectivity index (χ2v) is 12.4. The molecule has 3 heterocycles. The predicted octanol–water partition coefficient (Wildman–Crippen LogP) is 4.93. The summed E-state index contributed by atoms with van der Waals surface area (Å²) in [4.78, 5) is 41.4. The van der Waals surface area contributed by atoms with Crippen LogP contribution < -0.4 is 15.4 Å². The normalized spacial score (nSPS) is 21.6. The van der Waals surface area contributed by atoms with E-state index < -0.39 is 11.9 Å². The fourth-order valence-electron chi connectivity index (χ4n) is 6.81. The number of hydrogen-bond donors (Lipinski definition) is 2. The van der Waals surface area contributed by atoms with Crippen molar-refractivity contribution >= 4 is 17.7 Å². The molecule has 0 spiro atoms.